The Bertz CT molecular complexity index is 1160. The molecule has 1 heterocycles. The minimum Gasteiger partial charge on any atom is -0.328 e. The maximum atomic E-state index is 13.5. The first-order chi connectivity index (χ1) is 14.9. The summed E-state index contributed by atoms with van der Waals surface area (Å²) in [5.41, 5.74) is 1.16. The van der Waals surface area contributed by atoms with Gasteiger partial charge in [0.2, 0.25) is 0 Å². The van der Waals surface area contributed by atoms with E-state index >= 15 is 0 Å². The number of nitrogens with zero attached hydrogens (tertiary/aromatic N) is 1. The Labute approximate surface area is 185 Å². The summed E-state index contributed by atoms with van der Waals surface area (Å²) in [5, 5.41) is 4.24. The minimum absolute atomic E-state index is 0.0418. The fourth-order valence-corrected chi connectivity index (χ4v) is 4.58. The number of aromatic nitrogens is 1. The van der Waals surface area contributed by atoms with Crippen LogP contribution in [0.4, 0.5) is 14.9 Å². The third-order valence-electron chi connectivity index (χ3n) is 6.12. The number of rotatable bonds is 5. The fraction of sp³-hybridized carbons (Fsp3) is 0.333. The molecule has 0 saturated heterocycles. The van der Waals surface area contributed by atoms with Gasteiger partial charge >= 0.3 is 6.03 Å². The van der Waals surface area contributed by atoms with Gasteiger partial charge in [-0.1, -0.05) is 42.6 Å². The van der Waals surface area contributed by atoms with Crippen molar-refractivity contribution in [2.75, 3.05) is 11.9 Å². The molecule has 31 heavy (non-hydrogen) atoms. The number of nitrogens with one attached hydrogen (secondary N) is 2. The highest BCUT2D eigenvalue weighted by Crippen LogP contribution is 2.32. The van der Waals surface area contributed by atoms with Crippen molar-refractivity contribution >= 4 is 34.1 Å². The molecule has 0 aliphatic heterocycles. The number of carbonyl (C=O) groups excluding carboxylic acids is 1. The van der Waals surface area contributed by atoms with Gasteiger partial charge in [0.1, 0.15) is 5.82 Å². The number of hydrogen-bond donors (Lipinski definition) is 2. The van der Waals surface area contributed by atoms with Crippen LogP contribution >= 0.6 is 11.6 Å². The number of H-pyrrole nitrogens is 1. The first-order valence-corrected chi connectivity index (χ1v) is 10.9. The second-order valence-electron chi connectivity index (χ2n) is 8.16. The molecule has 0 radical (unpaired) electrons. The van der Waals surface area contributed by atoms with E-state index in [0.717, 1.165) is 23.8 Å². The number of fused-ring (bicyclic) bond motifs is 1. The molecule has 162 valence electrons. The first-order valence-electron chi connectivity index (χ1n) is 10.6. The topological polar surface area (TPSA) is 65.2 Å². The lowest BCUT2D eigenvalue weighted by molar-refractivity contribution is 0.180. The number of anilines is 1. The van der Waals surface area contributed by atoms with Gasteiger partial charge < -0.3 is 15.2 Å². The summed E-state index contributed by atoms with van der Waals surface area (Å²) in [6.07, 6.45) is 6.21. The molecule has 1 aliphatic carbocycles. The van der Waals surface area contributed by atoms with Crippen molar-refractivity contribution in [3.8, 4) is 0 Å². The van der Waals surface area contributed by atoms with Gasteiger partial charge in [0, 0.05) is 23.8 Å². The zero-order valence-electron chi connectivity index (χ0n) is 17.3. The predicted octanol–water partition coefficient (Wildman–Crippen LogP) is 6.11. The Kier molecular flexibility index (Phi) is 6.28. The first kappa shape index (κ1) is 21.4. The molecular weight excluding hydrogens is 417 g/mol. The van der Waals surface area contributed by atoms with Gasteiger partial charge in [-0.3, -0.25) is 4.79 Å². The molecular formula is C24H25ClFN3O2. The lowest BCUT2D eigenvalue weighted by Gasteiger charge is -2.32. The molecule has 1 saturated carbocycles. The molecule has 5 nitrogen and oxygen atoms in total. The van der Waals surface area contributed by atoms with E-state index in [9.17, 15) is 14.0 Å². The van der Waals surface area contributed by atoms with E-state index in [4.69, 9.17) is 11.6 Å². The van der Waals surface area contributed by atoms with Crippen LogP contribution < -0.4 is 10.9 Å². The van der Waals surface area contributed by atoms with E-state index in [1.807, 2.05) is 25.1 Å². The third-order valence-corrected chi connectivity index (χ3v) is 6.41. The highest BCUT2D eigenvalue weighted by atomic mass is 35.5. The molecule has 7 heteroatoms. The summed E-state index contributed by atoms with van der Waals surface area (Å²) in [7, 11) is 0. The summed E-state index contributed by atoms with van der Waals surface area (Å²) in [4.78, 5) is 30.2. The maximum absolute atomic E-state index is 13.5. The molecule has 1 aliphatic rings. The molecule has 0 unspecified atom stereocenters. The van der Waals surface area contributed by atoms with Crippen molar-refractivity contribution < 1.29 is 9.18 Å². The number of urea groups is 1. The van der Waals surface area contributed by atoms with Crippen LogP contribution in [-0.4, -0.2) is 22.5 Å². The van der Waals surface area contributed by atoms with E-state index in [1.165, 1.54) is 31.0 Å². The number of benzene rings is 2. The highest BCUT2D eigenvalue weighted by molar-refractivity contribution is 6.31. The van der Waals surface area contributed by atoms with Gasteiger partial charge in [-0.25, -0.2) is 9.18 Å². The van der Waals surface area contributed by atoms with Crippen LogP contribution in [-0.2, 0) is 0 Å². The van der Waals surface area contributed by atoms with Crippen LogP contribution in [0.3, 0.4) is 0 Å². The Morgan fingerprint density at radius 2 is 1.94 bits per heavy atom. The third kappa shape index (κ3) is 4.59. The molecule has 2 amide bonds. The van der Waals surface area contributed by atoms with Crippen molar-refractivity contribution in [3.05, 3.63) is 75.4 Å². The van der Waals surface area contributed by atoms with Crippen molar-refractivity contribution in [2.24, 2.45) is 5.92 Å². The molecule has 0 spiro atoms. The Balaban J connectivity index is 1.67. The molecule has 1 atom stereocenters. The molecule has 4 rings (SSSR count). The highest BCUT2D eigenvalue weighted by Gasteiger charge is 2.28. The van der Waals surface area contributed by atoms with E-state index < -0.39 is 5.82 Å². The lowest BCUT2D eigenvalue weighted by atomic mass is 10.00. The van der Waals surface area contributed by atoms with E-state index in [1.54, 1.807) is 17.2 Å². The van der Waals surface area contributed by atoms with Crippen LogP contribution in [0.15, 0.2) is 53.5 Å². The summed E-state index contributed by atoms with van der Waals surface area (Å²) < 4.78 is 13.5. The van der Waals surface area contributed by atoms with Crippen molar-refractivity contribution in [1.82, 2.24) is 9.88 Å². The molecule has 1 fully saturated rings. The van der Waals surface area contributed by atoms with E-state index in [2.05, 4.69) is 10.3 Å². The number of aromatic amines is 1. The van der Waals surface area contributed by atoms with Gasteiger partial charge in [0.25, 0.3) is 5.56 Å². The monoisotopic (exact) mass is 441 g/mol. The molecule has 2 N–H and O–H groups in total. The second-order valence-corrected chi connectivity index (χ2v) is 8.56. The molecule has 3 aromatic rings. The molecule has 1 aromatic heterocycles. The molecule has 0 bridgehead atoms. The zero-order valence-corrected chi connectivity index (χ0v) is 18.1. The Morgan fingerprint density at radius 3 is 2.65 bits per heavy atom. The van der Waals surface area contributed by atoms with Crippen molar-refractivity contribution in [2.45, 2.75) is 38.6 Å². The average molecular weight is 442 g/mol. The second kappa shape index (κ2) is 9.10. The predicted molar refractivity (Wildman–Crippen MR) is 122 cm³/mol. The van der Waals surface area contributed by atoms with Gasteiger partial charge in [-0.05, 0) is 60.9 Å². The number of pyridine rings is 1. The average Bonchev–Trinajstić information content (AvgIpc) is 3.28. The Morgan fingerprint density at radius 1 is 1.23 bits per heavy atom. The summed E-state index contributed by atoms with van der Waals surface area (Å²) in [5.74, 6) is -0.102. The van der Waals surface area contributed by atoms with Crippen LogP contribution in [0.1, 0.15) is 44.2 Å². The van der Waals surface area contributed by atoms with Crippen LogP contribution in [0.5, 0.6) is 0 Å². The van der Waals surface area contributed by atoms with Gasteiger partial charge in [0.15, 0.2) is 0 Å². The lowest BCUT2D eigenvalue weighted by Crippen LogP contribution is -2.40. The van der Waals surface area contributed by atoms with Gasteiger partial charge in [0.05, 0.1) is 11.1 Å². The fourth-order valence-electron chi connectivity index (χ4n) is 4.40. The summed E-state index contributed by atoms with van der Waals surface area (Å²) in [6, 6.07) is 11.0. The SMILES string of the molecule is C[C@H](c1c[nH]c(=O)c2ccccc12)N(CC1CCCC1)C(=O)Nc1ccc(F)c(Cl)c1. The largest absolute Gasteiger partial charge is 0.328 e. The Hall–Kier alpha value is -2.86. The van der Waals surface area contributed by atoms with E-state index in [0.29, 0.717) is 23.5 Å². The van der Waals surface area contributed by atoms with Crippen LogP contribution in [0.2, 0.25) is 5.02 Å². The number of amides is 2. The standard InChI is InChI=1S/C24H25ClFN3O2/c1-15(20-13-27-23(30)19-9-5-4-8-18(19)20)29(14-16-6-2-3-7-16)24(31)28-17-10-11-22(26)21(25)12-17/h4-5,8-13,15-16H,2-3,6-7,14H2,1H3,(H,27,30)(H,28,31)/t15-/m1/s1. The minimum atomic E-state index is -0.532. The number of hydrogen-bond acceptors (Lipinski definition) is 2. The quantitative estimate of drug-likeness (QED) is 0.502. The van der Waals surface area contributed by atoms with E-state index in [-0.39, 0.29) is 22.7 Å². The smallest absolute Gasteiger partial charge is 0.322 e. The summed E-state index contributed by atoms with van der Waals surface area (Å²) in [6.45, 7) is 2.57. The van der Waals surface area contributed by atoms with Crippen LogP contribution in [0.25, 0.3) is 10.8 Å². The summed E-state index contributed by atoms with van der Waals surface area (Å²) >= 11 is 5.88. The number of carbonyl (C=O) groups is 1. The van der Waals surface area contributed by atoms with Crippen molar-refractivity contribution in [3.63, 3.8) is 0 Å². The maximum Gasteiger partial charge on any atom is 0.322 e. The normalized spacial score (nSPS) is 15.2. The van der Waals surface area contributed by atoms with Crippen LogP contribution in [0, 0.1) is 11.7 Å². The van der Waals surface area contributed by atoms with Gasteiger partial charge in [-0.2, -0.15) is 0 Å². The zero-order chi connectivity index (χ0) is 22.0. The van der Waals surface area contributed by atoms with Gasteiger partial charge in [-0.15, -0.1) is 0 Å². The molecule has 2 aromatic carbocycles. The van der Waals surface area contributed by atoms with Crippen molar-refractivity contribution in [1.29, 1.82) is 0 Å². The number of halogens is 2.